The monoisotopic (exact) mass is 262 g/mol. The molecule has 2 amide bonds. The van der Waals surface area contributed by atoms with Gasteiger partial charge in [-0.15, -0.1) is 0 Å². The summed E-state index contributed by atoms with van der Waals surface area (Å²) in [5, 5.41) is 5.14. The predicted molar refractivity (Wildman–Crippen MR) is 71.4 cm³/mol. The van der Waals surface area contributed by atoms with Crippen molar-refractivity contribution in [1.82, 2.24) is 0 Å². The molecule has 5 heteroatoms. The number of hydrogen-bond acceptors (Lipinski definition) is 2. The molecule has 0 atom stereocenters. The number of amides is 2. The van der Waals surface area contributed by atoms with Crippen molar-refractivity contribution in [3.05, 3.63) is 35.2 Å². The zero-order chi connectivity index (χ0) is 14.0. The summed E-state index contributed by atoms with van der Waals surface area (Å²) >= 11 is 0. The fourth-order valence-corrected chi connectivity index (χ4v) is 1.85. The van der Waals surface area contributed by atoms with Gasteiger partial charge in [-0.05, 0) is 38.0 Å². The summed E-state index contributed by atoms with van der Waals surface area (Å²) in [4.78, 5) is 22.9. The molecule has 0 saturated carbocycles. The summed E-state index contributed by atoms with van der Waals surface area (Å²) in [6.45, 7) is 3.40. The van der Waals surface area contributed by atoms with Gasteiger partial charge in [0, 0.05) is 17.7 Å². The summed E-state index contributed by atoms with van der Waals surface area (Å²) in [6, 6.07) is 2.82. The maximum atomic E-state index is 13.8. The molecule has 19 heavy (non-hydrogen) atoms. The number of halogens is 1. The van der Waals surface area contributed by atoms with Gasteiger partial charge in [0.25, 0.3) is 5.91 Å². The van der Waals surface area contributed by atoms with E-state index in [1.54, 1.807) is 26.0 Å². The zero-order valence-electron chi connectivity index (χ0n) is 10.8. The Morgan fingerprint density at radius 2 is 2.16 bits per heavy atom. The van der Waals surface area contributed by atoms with E-state index < -0.39 is 5.82 Å². The average Bonchev–Trinajstić information content (AvgIpc) is 2.38. The van der Waals surface area contributed by atoms with E-state index in [2.05, 4.69) is 10.6 Å². The van der Waals surface area contributed by atoms with Crippen LogP contribution in [-0.4, -0.2) is 11.8 Å². The Balaban J connectivity index is 2.28. The minimum atomic E-state index is -0.557. The second kappa shape index (κ2) is 5.22. The summed E-state index contributed by atoms with van der Waals surface area (Å²) < 4.78 is 13.8. The lowest BCUT2D eigenvalue weighted by Crippen LogP contribution is -2.20. The van der Waals surface area contributed by atoms with Crippen LogP contribution in [0.5, 0.6) is 0 Å². The first-order valence-corrected chi connectivity index (χ1v) is 6.08. The maximum absolute atomic E-state index is 13.8. The number of carbonyl (C=O) groups is 2. The van der Waals surface area contributed by atoms with Crippen molar-refractivity contribution in [2.24, 2.45) is 0 Å². The predicted octanol–water partition coefficient (Wildman–Crippen LogP) is 2.62. The van der Waals surface area contributed by atoms with Crippen LogP contribution in [0.25, 0.3) is 0 Å². The maximum Gasteiger partial charge on any atom is 0.251 e. The largest absolute Gasteiger partial charge is 0.326 e. The first kappa shape index (κ1) is 13.3. The Bertz CT molecular complexity index is 579. The van der Waals surface area contributed by atoms with E-state index in [1.165, 1.54) is 6.07 Å². The van der Waals surface area contributed by atoms with Gasteiger partial charge < -0.3 is 10.6 Å². The van der Waals surface area contributed by atoms with Crippen LogP contribution in [0.1, 0.15) is 25.8 Å². The number of rotatable bonds is 2. The van der Waals surface area contributed by atoms with E-state index in [0.29, 0.717) is 24.1 Å². The Morgan fingerprint density at radius 1 is 1.42 bits per heavy atom. The third-order valence-corrected chi connectivity index (χ3v) is 3.13. The molecule has 2 N–H and O–H groups in total. The number of allylic oxidation sites excluding steroid dienone is 1. The topological polar surface area (TPSA) is 58.2 Å². The van der Waals surface area contributed by atoms with Crippen LogP contribution in [0.15, 0.2) is 23.8 Å². The van der Waals surface area contributed by atoms with Crippen molar-refractivity contribution >= 4 is 23.2 Å². The van der Waals surface area contributed by atoms with Crippen molar-refractivity contribution in [1.29, 1.82) is 0 Å². The van der Waals surface area contributed by atoms with E-state index in [-0.39, 0.29) is 17.5 Å². The first-order valence-electron chi connectivity index (χ1n) is 6.08. The Morgan fingerprint density at radius 3 is 2.84 bits per heavy atom. The van der Waals surface area contributed by atoms with Crippen molar-refractivity contribution in [3.8, 4) is 0 Å². The molecule has 0 radical (unpaired) electrons. The molecule has 0 aromatic heterocycles. The highest BCUT2D eigenvalue weighted by Gasteiger charge is 2.18. The molecular formula is C14H15FN2O2. The molecule has 0 fully saturated rings. The molecule has 1 heterocycles. The lowest BCUT2D eigenvalue weighted by molar-refractivity contribution is -0.116. The summed E-state index contributed by atoms with van der Waals surface area (Å²) in [5.41, 5.74) is 1.97. The van der Waals surface area contributed by atoms with Crippen LogP contribution < -0.4 is 10.6 Å². The Hall–Kier alpha value is -2.17. The number of hydrogen-bond donors (Lipinski definition) is 2. The van der Waals surface area contributed by atoms with Gasteiger partial charge in [-0.3, -0.25) is 9.59 Å². The van der Waals surface area contributed by atoms with Gasteiger partial charge in [0.15, 0.2) is 0 Å². The third-order valence-electron chi connectivity index (χ3n) is 3.13. The van der Waals surface area contributed by atoms with Crippen molar-refractivity contribution in [2.45, 2.75) is 26.7 Å². The van der Waals surface area contributed by atoms with Crippen LogP contribution in [-0.2, 0) is 16.0 Å². The molecule has 4 nitrogen and oxygen atoms in total. The van der Waals surface area contributed by atoms with Gasteiger partial charge in [0.2, 0.25) is 5.91 Å². The van der Waals surface area contributed by atoms with Gasteiger partial charge in [-0.1, -0.05) is 6.08 Å². The number of anilines is 2. The molecule has 0 spiro atoms. The highest BCUT2D eigenvalue weighted by atomic mass is 19.1. The summed E-state index contributed by atoms with van der Waals surface area (Å²) in [7, 11) is 0. The van der Waals surface area contributed by atoms with E-state index in [9.17, 15) is 14.0 Å². The number of carbonyl (C=O) groups excluding carboxylic acids is 2. The lowest BCUT2D eigenvalue weighted by atomic mass is 10.0. The molecule has 0 unspecified atom stereocenters. The lowest BCUT2D eigenvalue weighted by Gasteiger charge is -2.18. The van der Waals surface area contributed by atoms with Gasteiger partial charge >= 0.3 is 0 Å². The van der Waals surface area contributed by atoms with E-state index in [1.807, 2.05) is 0 Å². The van der Waals surface area contributed by atoms with Gasteiger partial charge in [-0.2, -0.15) is 0 Å². The van der Waals surface area contributed by atoms with Gasteiger partial charge in [-0.25, -0.2) is 4.39 Å². The molecule has 0 saturated heterocycles. The fourth-order valence-electron chi connectivity index (χ4n) is 1.85. The number of fused-ring (bicyclic) bond motifs is 1. The summed E-state index contributed by atoms with van der Waals surface area (Å²) in [5.74, 6) is -1.01. The fraction of sp³-hybridized carbons (Fsp3) is 0.286. The van der Waals surface area contributed by atoms with Crippen molar-refractivity contribution in [3.63, 3.8) is 0 Å². The van der Waals surface area contributed by atoms with E-state index in [4.69, 9.17) is 0 Å². The van der Waals surface area contributed by atoms with Crippen LogP contribution in [0.4, 0.5) is 15.8 Å². The van der Waals surface area contributed by atoms with Gasteiger partial charge in [0.05, 0.1) is 5.69 Å². The van der Waals surface area contributed by atoms with Crippen LogP contribution >= 0.6 is 0 Å². The molecule has 1 aliphatic rings. The highest BCUT2D eigenvalue weighted by molar-refractivity contribution is 6.03. The number of benzene rings is 1. The smallest absolute Gasteiger partial charge is 0.251 e. The second-order valence-corrected chi connectivity index (χ2v) is 4.46. The van der Waals surface area contributed by atoms with E-state index in [0.717, 1.165) is 5.56 Å². The van der Waals surface area contributed by atoms with Crippen LogP contribution in [0.3, 0.4) is 0 Å². The number of aryl methyl sites for hydroxylation is 1. The molecule has 0 aliphatic carbocycles. The summed E-state index contributed by atoms with van der Waals surface area (Å²) in [6.07, 6.45) is 2.58. The van der Waals surface area contributed by atoms with Gasteiger partial charge in [0.1, 0.15) is 5.82 Å². The molecule has 1 aliphatic heterocycles. The Labute approximate surface area is 110 Å². The molecule has 1 aromatic carbocycles. The molecular weight excluding hydrogens is 247 g/mol. The quantitative estimate of drug-likeness (QED) is 0.805. The van der Waals surface area contributed by atoms with Crippen molar-refractivity contribution in [2.75, 3.05) is 10.6 Å². The Kier molecular flexibility index (Phi) is 3.64. The highest BCUT2D eigenvalue weighted by Crippen LogP contribution is 2.28. The molecule has 2 rings (SSSR count). The van der Waals surface area contributed by atoms with Crippen molar-refractivity contribution < 1.29 is 14.0 Å². The molecule has 100 valence electrons. The van der Waals surface area contributed by atoms with E-state index >= 15 is 0 Å². The average molecular weight is 262 g/mol. The zero-order valence-corrected chi connectivity index (χ0v) is 10.8. The normalized spacial score (nSPS) is 14.7. The SMILES string of the molecule is C/C=C(/C)C(=O)Nc1cc2c(cc1F)NC(=O)CC2. The minimum Gasteiger partial charge on any atom is -0.326 e. The van der Waals surface area contributed by atoms with Crippen LogP contribution in [0, 0.1) is 5.82 Å². The first-order chi connectivity index (χ1) is 9.01. The minimum absolute atomic E-state index is 0.117. The van der Waals surface area contributed by atoms with Crippen LogP contribution in [0.2, 0.25) is 0 Å². The second-order valence-electron chi connectivity index (χ2n) is 4.46. The standard InChI is InChI=1S/C14H15FN2O2/c1-3-8(2)14(19)17-12-6-9-4-5-13(18)16-11(9)7-10(12)15/h3,6-7H,4-5H2,1-2H3,(H,16,18)(H,17,19)/b8-3-. The molecule has 0 bridgehead atoms. The molecule has 1 aromatic rings. The number of nitrogens with one attached hydrogen (secondary N) is 2. The third kappa shape index (κ3) is 2.81.